The molecule has 0 saturated carbocycles. The third kappa shape index (κ3) is 3.26. The molecule has 0 heterocycles. The van der Waals surface area contributed by atoms with Crippen molar-refractivity contribution >= 4 is 8.07 Å². The first kappa shape index (κ1) is 11.5. The maximum Gasteiger partial charge on any atom is 0.387 e. The fourth-order valence-electron chi connectivity index (χ4n) is 1.01. The maximum atomic E-state index is 12.1. The van der Waals surface area contributed by atoms with Crippen LogP contribution in [0.4, 0.5) is 13.2 Å². The molecule has 0 unspecified atom stereocenters. The molecule has 0 amide bonds. The Morgan fingerprint density at radius 1 is 1.25 bits per heavy atom. The Kier molecular flexibility index (Phi) is 3.77. The molecule has 0 aliphatic carbocycles. The van der Waals surface area contributed by atoms with Gasteiger partial charge in [0.2, 0.25) is 0 Å². The highest BCUT2D eigenvalue weighted by Gasteiger charge is 2.39. The third-order valence-electron chi connectivity index (χ3n) is 2.00. The van der Waals surface area contributed by atoms with Crippen LogP contribution in [0, 0.1) is 0 Å². The summed E-state index contributed by atoms with van der Waals surface area (Å²) in [6.07, 6.45) is -4.09. The van der Waals surface area contributed by atoms with Gasteiger partial charge in [-0.25, -0.2) is 0 Å². The largest absolute Gasteiger partial charge is 0.387 e. The van der Waals surface area contributed by atoms with Gasteiger partial charge in [-0.1, -0.05) is 24.4 Å². The number of rotatable bonds is 4. The number of hydrogen-bond acceptors (Lipinski definition) is 0. The molecule has 70 valence electrons. The first-order valence-electron chi connectivity index (χ1n) is 3.73. The highest BCUT2D eigenvalue weighted by atomic mass is 28.3. The first-order chi connectivity index (χ1) is 5.39. The zero-order valence-corrected chi connectivity index (χ0v) is 8.12. The van der Waals surface area contributed by atoms with Crippen molar-refractivity contribution in [1.82, 2.24) is 0 Å². The van der Waals surface area contributed by atoms with E-state index in [2.05, 4.69) is 13.2 Å². The van der Waals surface area contributed by atoms with Crippen LogP contribution in [0.5, 0.6) is 0 Å². The Bertz CT molecular complexity index is 164. The van der Waals surface area contributed by atoms with Gasteiger partial charge in [-0.2, -0.15) is 13.2 Å². The summed E-state index contributed by atoms with van der Waals surface area (Å²) in [6.45, 7) is 8.65. The van der Waals surface area contributed by atoms with Crippen molar-refractivity contribution < 1.29 is 13.2 Å². The molecule has 0 aromatic rings. The molecule has 4 heteroatoms. The second-order valence-corrected chi connectivity index (χ2v) is 7.13. The molecule has 0 aromatic carbocycles. The minimum atomic E-state index is -4.09. The van der Waals surface area contributed by atoms with E-state index in [1.165, 1.54) is 11.4 Å². The van der Waals surface area contributed by atoms with Gasteiger partial charge in [0, 0.05) is 6.04 Å². The summed E-state index contributed by atoms with van der Waals surface area (Å²) < 4.78 is 36.2. The Balaban J connectivity index is 4.52. The van der Waals surface area contributed by atoms with E-state index in [1.54, 1.807) is 6.92 Å². The van der Waals surface area contributed by atoms with E-state index in [0.717, 1.165) is 0 Å². The summed E-state index contributed by atoms with van der Waals surface area (Å²) in [7, 11) is -2.45. The van der Waals surface area contributed by atoms with Crippen LogP contribution in [-0.4, -0.2) is 14.3 Å². The minimum Gasteiger partial charge on any atom is -0.171 e. The highest BCUT2D eigenvalue weighted by molar-refractivity contribution is 6.88. The second-order valence-electron chi connectivity index (χ2n) is 2.79. The summed E-state index contributed by atoms with van der Waals surface area (Å²) in [5.41, 5.74) is 2.90. The Morgan fingerprint density at radius 3 is 1.75 bits per heavy atom. The van der Waals surface area contributed by atoms with Gasteiger partial charge in [-0.3, -0.25) is 0 Å². The van der Waals surface area contributed by atoms with Crippen molar-refractivity contribution in [3.8, 4) is 0 Å². The van der Waals surface area contributed by atoms with E-state index >= 15 is 0 Å². The van der Waals surface area contributed by atoms with E-state index in [1.807, 2.05) is 0 Å². The van der Waals surface area contributed by atoms with E-state index in [4.69, 9.17) is 0 Å². The van der Waals surface area contributed by atoms with Crippen LogP contribution in [0.1, 0.15) is 6.92 Å². The number of hydrogen-bond donors (Lipinski definition) is 0. The lowest BCUT2D eigenvalue weighted by atomic mass is 10.8. The predicted octanol–water partition coefficient (Wildman–Crippen LogP) is 3.47. The van der Waals surface area contributed by atoms with Gasteiger partial charge in [-0.05, 0) is 0 Å². The molecule has 0 spiro atoms. The van der Waals surface area contributed by atoms with Gasteiger partial charge in [-0.15, -0.1) is 13.2 Å². The summed E-state index contributed by atoms with van der Waals surface area (Å²) in [5.74, 6) is 0. The van der Waals surface area contributed by atoms with E-state index in [-0.39, 0.29) is 0 Å². The monoisotopic (exact) mass is 194 g/mol. The topological polar surface area (TPSA) is 0 Å². The van der Waals surface area contributed by atoms with Crippen molar-refractivity contribution in [1.29, 1.82) is 0 Å². The summed E-state index contributed by atoms with van der Waals surface area (Å²) in [6, 6.07) is -0.219. The molecule has 0 bridgehead atoms. The van der Waals surface area contributed by atoms with Gasteiger partial charge >= 0.3 is 6.18 Å². The van der Waals surface area contributed by atoms with E-state index in [9.17, 15) is 13.2 Å². The Labute approximate surface area is 71.8 Å². The van der Waals surface area contributed by atoms with Crippen LogP contribution in [0.15, 0.2) is 24.6 Å². The maximum absolute atomic E-state index is 12.1. The van der Waals surface area contributed by atoms with Crippen LogP contribution in [0.25, 0.3) is 0 Å². The van der Waals surface area contributed by atoms with Crippen molar-refractivity contribution in [3.05, 3.63) is 24.6 Å². The van der Waals surface area contributed by atoms with Crippen molar-refractivity contribution in [3.63, 3.8) is 0 Å². The summed E-state index contributed by atoms with van der Waals surface area (Å²) >= 11 is 0. The van der Waals surface area contributed by atoms with Crippen LogP contribution < -0.4 is 0 Å². The fraction of sp³-hybridized carbons (Fsp3) is 0.500. The van der Waals surface area contributed by atoms with Gasteiger partial charge < -0.3 is 0 Å². The molecule has 0 aliphatic heterocycles. The lowest BCUT2D eigenvalue weighted by molar-refractivity contribution is -0.110. The molecule has 0 nitrogen and oxygen atoms in total. The zero-order chi connectivity index (χ0) is 9.83. The Morgan fingerprint density at radius 2 is 1.67 bits per heavy atom. The molecular weight excluding hydrogens is 181 g/mol. The van der Waals surface area contributed by atoms with Crippen LogP contribution in [0.2, 0.25) is 12.1 Å². The zero-order valence-electron chi connectivity index (χ0n) is 7.12. The molecule has 0 N–H and O–H groups in total. The molecule has 0 rings (SSSR count). The third-order valence-corrected chi connectivity index (χ3v) is 6.00. The fourth-order valence-corrected chi connectivity index (χ4v) is 3.04. The normalized spacial score (nSPS) is 12.7. The van der Waals surface area contributed by atoms with Gasteiger partial charge in [0.05, 0.1) is 0 Å². The molecule has 0 atom stereocenters. The minimum absolute atomic E-state index is 0.513. The SMILES string of the molecule is C=C[Si](C=C)(CC)CC(F)(F)F. The molecule has 0 aliphatic rings. The quantitative estimate of drug-likeness (QED) is 0.601. The van der Waals surface area contributed by atoms with Gasteiger partial charge in [0.25, 0.3) is 0 Å². The first-order valence-corrected chi connectivity index (χ1v) is 6.30. The van der Waals surface area contributed by atoms with Gasteiger partial charge in [0.1, 0.15) is 8.07 Å². The summed E-state index contributed by atoms with van der Waals surface area (Å²) in [4.78, 5) is 0. The molecule has 0 aromatic heterocycles. The lowest BCUT2D eigenvalue weighted by Gasteiger charge is -2.23. The van der Waals surface area contributed by atoms with Crippen LogP contribution in [-0.2, 0) is 0 Å². The number of alkyl halides is 3. The molecule has 0 radical (unpaired) electrons. The Hall–Kier alpha value is -0.513. The van der Waals surface area contributed by atoms with Crippen molar-refractivity contribution in [2.45, 2.75) is 25.2 Å². The van der Waals surface area contributed by atoms with Gasteiger partial charge in [0.15, 0.2) is 0 Å². The van der Waals surface area contributed by atoms with Crippen LogP contribution >= 0.6 is 0 Å². The smallest absolute Gasteiger partial charge is 0.171 e. The van der Waals surface area contributed by atoms with E-state index in [0.29, 0.717) is 6.04 Å². The molecular formula is C8H13F3Si. The highest BCUT2D eigenvalue weighted by Crippen LogP contribution is 2.31. The second kappa shape index (κ2) is 3.94. The van der Waals surface area contributed by atoms with Crippen molar-refractivity contribution in [2.75, 3.05) is 0 Å². The summed E-state index contributed by atoms with van der Waals surface area (Å²) in [5, 5.41) is 0. The lowest BCUT2D eigenvalue weighted by Crippen LogP contribution is -2.34. The van der Waals surface area contributed by atoms with Crippen LogP contribution in [0.3, 0.4) is 0 Å². The molecule has 12 heavy (non-hydrogen) atoms. The number of halogens is 3. The average Bonchev–Trinajstić information content (AvgIpc) is 1.99. The predicted molar refractivity (Wildman–Crippen MR) is 47.5 cm³/mol. The molecule has 0 saturated heterocycles. The van der Waals surface area contributed by atoms with Crippen molar-refractivity contribution in [2.24, 2.45) is 0 Å². The molecule has 0 fully saturated rings. The average molecular weight is 194 g/mol. The van der Waals surface area contributed by atoms with E-state index < -0.39 is 20.3 Å². The standard InChI is InChI=1S/C8H13F3Si/c1-4-12(5-2,6-3)7-8(9,10)11/h4-5H,1-2,6-7H2,3H3.